The first-order valence-corrected chi connectivity index (χ1v) is 9.29. The van der Waals surface area contributed by atoms with Gasteiger partial charge in [0.1, 0.15) is 0 Å². The maximum atomic E-state index is 12.8. The monoisotopic (exact) mass is 358 g/mol. The number of carbonyl (C=O) groups excluding carboxylic acids is 3. The summed E-state index contributed by atoms with van der Waals surface area (Å²) in [6.07, 6.45) is 2.46. The summed E-state index contributed by atoms with van der Waals surface area (Å²) in [5.41, 5.74) is 2.08. The molecule has 6 heteroatoms. The fraction of sp³-hybridized carbons (Fsp3) is 0.550. The highest BCUT2D eigenvalue weighted by molar-refractivity contribution is 6.00. The van der Waals surface area contributed by atoms with Crippen molar-refractivity contribution in [3.63, 3.8) is 0 Å². The lowest BCUT2D eigenvalue weighted by atomic mass is 9.95. The first-order valence-electron chi connectivity index (χ1n) is 9.29. The molecule has 2 saturated heterocycles. The maximum absolute atomic E-state index is 12.8. The highest BCUT2D eigenvalue weighted by Crippen LogP contribution is 2.28. The van der Waals surface area contributed by atoms with E-state index in [1.54, 1.807) is 9.80 Å². The van der Waals surface area contributed by atoms with E-state index in [-0.39, 0.29) is 36.0 Å². The first-order chi connectivity index (χ1) is 12.5. The third kappa shape index (κ3) is 3.74. The molecule has 2 aliphatic rings. The lowest BCUT2D eigenvalue weighted by Gasteiger charge is -2.32. The van der Waals surface area contributed by atoms with Gasteiger partial charge in [0.15, 0.2) is 0 Å². The van der Waals surface area contributed by atoms with Crippen LogP contribution in [-0.4, -0.2) is 49.4 Å². The first kappa shape index (κ1) is 18.4. The molecule has 2 fully saturated rings. The molecule has 1 aromatic carbocycles. The van der Waals surface area contributed by atoms with Gasteiger partial charge in [-0.3, -0.25) is 14.4 Å². The molecule has 0 aromatic heterocycles. The number of esters is 1. The number of nitrogens with zero attached hydrogens (tertiary/aromatic N) is 2. The SMILES string of the molecule is CCc1ccc(N2C[C@@H](C(=O)N3CCC(C(=O)OC)CC3)CC2=O)cc1. The minimum atomic E-state index is -0.303. The van der Waals surface area contributed by atoms with Crippen molar-refractivity contribution in [3.8, 4) is 0 Å². The van der Waals surface area contributed by atoms with E-state index in [1.165, 1.54) is 12.7 Å². The van der Waals surface area contributed by atoms with E-state index in [0.29, 0.717) is 32.5 Å². The van der Waals surface area contributed by atoms with Gasteiger partial charge in [0.05, 0.1) is 18.9 Å². The number of carbonyl (C=O) groups is 3. The van der Waals surface area contributed by atoms with Crippen molar-refractivity contribution in [3.05, 3.63) is 29.8 Å². The Kier molecular flexibility index (Phi) is 5.59. The van der Waals surface area contributed by atoms with Gasteiger partial charge in [-0.2, -0.15) is 0 Å². The Hall–Kier alpha value is -2.37. The number of anilines is 1. The van der Waals surface area contributed by atoms with Crippen molar-refractivity contribution in [2.24, 2.45) is 11.8 Å². The molecule has 1 aromatic rings. The number of hydrogen-bond acceptors (Lipinski definition) is 4. The minimum Gasteiger partial charge on any atom is -0.469 e. The molecule has 2 heterocycles. The zero-order valence-corrected chi connectivity index (χ0v) is 15.4. The average Bonchev–Trinajstić information content (AvgIpc) is 3.08. The second-order valence-electron chi connectivity index (χ2n) is 7.05. The molecule has 3 rings (SSSR count). The van der Waals surface area contributed by atoms with Crippen LogP contribution in [0.5, 0.6) is 0 Å². The quantitative estimate of drug-likeness (QED) is 0.772. The van der Waals surface area contributed by atoms with E-state index >= 15 is 0 Å². The molecule has 0 N–H and O–H groups in total. The zero-order chi connectivity index (χ0) is 18.7. The Morgan fingerprint density at radius 1 is 1.12 bits per heavy atom. The molecular formula is C20H26N2O4. The van der Waals surface area contributed by atoms with Crippen LogP contribution in [0.4, 0.5) is 5.69 Å². The summed E-state index contributed by atoms with van der Waals surface area (Å²) in [5, 5.41) is 0. The van der Waals surface area contributed by atoms with Crippen LogP contribution in [0, 0.1) is 11.8 Å². The minimum absolute atomic E-state index is 0.00274. The normalized spacial score (nSPS) is 21.2. The van der Waals surface area contributed by atoms with Crippen LogP contribution >= 0.6 is 0 Å². The summed E-state index contributed by atoms with van der Waals surface area (Å²) in [5.74, 6) is -0.605. The van der Waals surface area contributed by atoms with Crippen LogP contribution < -0.4 is 4.90 Å². The second-order valence-corrected chi connectivity index (χ2v) is 7.05. The van der Waals surface area contributed by atoms with Crippen molar-refractivity contribution in [2.75, 3.05) is 31.6 Å². The molecular weight excluding hydrogens is 332 g/mol. The number of aryl methyl sites for hydroxylation is 1. The maximum Gasteiger partial charge on any atom is 0.308 e. The predicted molar refractivity (Wildman–Crippen MR) is 97.6 cm³/mol. The van der Waals surface area contributed by atoms with E-state index in [9.17, 15) is 14.4 Å². The number of rotatable bonds is 4. The molecule has 2 amide bonds. The molecule has 6 nitrogen and oxygen atoms in total. The highest BCUT2D eigenvalue weighted by Gasteiger charge is 2.38. The Labute approximate surface area is 154 Å². The van der Waals surface area contributed by atoms with Crippen molar-refractivity contribution in [1.29, 1.82) is 0 Å². The smallest absolute Gasteiger partial charge is 0.308 e. The van der Waals surface area contributed by atoms with E-state index in [4.69, 9.17) is 4.74 Å². The molecule has 0 spiro atoms. The molecule has 1 atom stereocenters. The standard InChI is InChI=1S/C20H26N2O4/c1-3-14-4-6-17(7-5-14)22-13-16(12-18(22)23)19(24)21-10-8-15(9-11-21)20(25)26-2/h4-7,15-16H,3,8-13H2,1-2H3/t16-/m0/s1. The molecule has 26 heavy (non-hydrogen) atoms. The summed E-state index contributed by atoms with van der Waals surface area (Å²) in [4.78, 5) is 40.3. The van der Waals surface area contributed by atoms with E-state index < -0.39 is 0 Å². The summed E-state index contributed by atoms with van der Waals surface area (Å²) < 4.78 is 4.79. The predicted octanol–water partition coefficient (Wildman–Crippen LogP) is 2.01. The van der Waals surface area contributed by atoms with Crippen LogP contribution in [0.2, 0.25) is 0 Å². The van der Waals surface area contributed by atoms with Gasteiger partial charge in [-0.25, -0.2) is 0 Å². The summed E-state index contributed by atoms with van der Waals surface area (Å²) >= 11 is 0. The van der Waals surface area contributed by atoms with Gasteiger partial charge in [0.25, 0.3) is 0 Å². The number of piperidine rings is 1. The fourth-order valence-electron chi connectivity index (χ4n) is 3.79. The number of benzene rings is 1. The van der Waals surface area contributed by atoms with Crippen LogP contribution in [0.3, 0.4) is 0 Å². The lowest BCUT2D eigenvalue weighted by Crippen LogP contribution is -2.43. The molecule has 0 bridgehead atoms. The van der Waals surface area contributed by atoms with Gasteiger partial charge >= 0.3 is 5.97 Å². The third-order valence-electron chi connectivity index (χ3n) is 5.47. The second kappa shape index (κ2) is 7.89. The fourth-order valence-corrected chi connectivity index (χ4v) is 3.79. The molecule has 2 aliphatic heterocycles. The van der Waals surface area contributed by atoms with Gasteiger partial charge < -0.3 is 14.5 Å². The van der Waals surface area contributed by atoms with Crippen molar-refractivity contribution < 1.29 is 19.1 Å². The molecule has 0 unspecified atom stereocenters. The van der Waals surface area contributed by atoms with Crippen LogP contribution in [0.15, 0.2) is 24.3 Å². The number of likely N-dealkylation sites (tertiary alicyclic amines) is 1. The Morgan fingerprint density at radius 3 is 2.35 bits per heavy atom. The number of hydrogen-bond donors (Lipinski definition) is 0. The van der Waals surface area contributed by atoms with Gasteiger partial charge in [0.2, 0.25) is 11.8 Å². The zero-order valence-electron chi connectivity index (χ0n) is 15.4. The average molecular weight is 358 g/mol. The van der Waals surface area contributed by atoms with Gasteiger partial charge in [-0.05, 0) is 37.0 Å². The summed E-state index contributed by atoms with van der Waals surface area (Å²) in [6.45, 7) is 3.62. The Bertz CT molecular complexity index is 678. The van der Waals surface area contributed by atoms with E-state index in [0.717, 1.165) is 12.1 Å². The number of ether oxygens (including phenoxy) is 1. The number of methoxy groups -OCH3 is 1. The van der Waals surface area contributed by atoms with E-state index in [1.807, 2.05) is 24.3 Å². The highest BCUT2D eigenvalue weighted by atomic mass is 16.5. The summed E-state index contributed by atoms with van der Waals surface area (Å²) in [6, 6.07) is 7.95. The van der Waals surface area contributed by atoms with Crippen LogP contribution in [-0.2, 0) is 25.5 Å². The van der Waals surface area contributed by atoms with Gasteiger partial charge in [0, 0.05) is 31.7 Å². The molecule has 0 saturated carbocycles. The van der Waals surface area contributed by atoms with Gasteiger partial charge in [-0.1, -0.05) is 19.1 Å². The Balaban J connectivity index is 1.59. The van der Waals surface area contributed by atoms with Crippen LogP contribution in [0.1, 0.15) is 31.7 Å². The van der Waals surface area contributed by atoms with Crippen molar-refractivity contribution in [2.45, 2.75) is 32.6 Å². The van der Waals surface area contributed by atoms with Crippen molar-refractivity contribution in [1.82, 2.24) is 4.90 Å². The topological polar surface area (TPSA) is 66.9 Å². The summed E-state index contributed by atoms with van der Waals surface area (Å²) in [7, 11) is 1.39. The molecule has 140 valence electrons. The van der Waals surface area contributed by atoms with Crippen LogP contribution in [0.25, 0.3) is 0 Å². The largest absolute Gasteiger partial charge is 0.469 e. The number of amides is 2. The van der Waals surface area contributed by atoms with E-state index in [2.05, 4.69) is 6.92 Å². The van der Waals surface area contributed by atoms with Crippen molar-refractivity contribution >= 4 is 23.5 Å². The molecule has 0 aliphatic carbocycles. The Morgan fingerprint density at radius 2 is 1.77 bits per heavy atom. The third-order valence-corrected chi connectivity index (χ3v) is 5.47. The lowest BCUT2D eigenvalue weighted by molar-refractivity contribution is -0.149. The molecule has 0 radical (unpaired) electrons. The van der Waals surface area contributed by atoms with Gasteiger partial charge in [-0.15, -0.1) is 0 Å².